The summed E-state index contributed by atoms with van der Waals surface area (Å²) in [5.74, 6) is -1.04. The van der Waals surface area contributed by atoms with Crippen molar-refractivity contribution in [3.63, 3.8) is 0 Å². The summed E-state index contributed by atoms with van der Waals surface area (Å²) in [5, 5.41) is 22.5. The van der Waals surface area contributed by atoms with Gasteiger partial charge in [-0.2, -0.15) is 13.2 Å². The van der Waals surface area contributed by atoms with Crippen molar-refractivity contribution in [3.05, 3.63) is 28.3 Å². The molecule has 24 heavy (non-hydrogen) atoms. The fraction of sp³-hybridized carbons (Fsp3) is 0.364. The number of hydrogen-bond acceptors (Lipinski definition) is 8. The molecule has 0 bridgehead atoms. The van der Waals surface area contributed by atoms with Gasteiger partial charge in [0.2, 0.25) is 0 Å². The molecule has 0 heterocycles. The Balaban J connectivity index is 3.18. The van der Waals surface area contributed by atoms with Gasteiger partial charge in [0.15, 0.2) is 6.10 Å². The minimum atomic E-state index is -5.75. The van der Waals surface area contributed by atoms with Crippen molar-refractivity contribution in [1.82, 2.24) is 0 Å². The zero-order chi connectivity index (χ0) is 18.7. The van der Waals surface area contributed by atoms with Crippen molar-refractivity contribution in [2.45, 2.75) is 16.5 Å². The Morgan fingerprint density at radius 1 is 1.46 bits per heavy atom. The number of carbonyl (C=O) groups excluding carboxylic acids is 1. The summed E-state index contributed by atoms with van der Waals surface area (Å²) in [6, 6.07) is 1.47. The molecule has 2 N–H and O–H groups in total. The number of nitro benzene ring substituents is 1. The summed E-state index contributed by atoms with van der Waals surface area (Å²) in [6.07, 6.45) is -1.69. The van der Waals surface area contributed by atoms with E-state index in [1.807, 2.05) is 0 Å². The van der Waals surface area contributed by atoms with Gasteiger partial charge in [-0.15, -0.1) is 0 Å². The van der Waals surface area contributed by atoms with Crippen molar-refractivity contribution in [2.75, 3.05) is 19.0 Å². The summed E-state index contributed by atoms with van der Waals surface area (Å²) in [5.41, 5.74) is -6.97. The maximum atomic E-state index is 12.5. The number of benzene rings is 1. The van der Waals surface area contributed by atoms with E-state index < -0.39 is 49.5 Å². The molecule has 0 fully saturated rings. The molecule has 0 aliphatic heterocycles. The van der Waals surface area contributed by atoms with E-state index in [1.54, 1.807) is 0 Å². The van der Waals surface area contributed by atoms with E-state index in [-0.39, 0.29) is 11.8 Å². The Hall–Kier alpha value is -2.41. The second-order valence-corrected chi connectivity index (χ2v) is 6.25. The molecule has 0 aromatic heterocycles. The summed E-state index contributed by atoms with van der Waals surface area (Å²) in [7, 11) is -4.76. The first-order valence-corrected chi connectivity index (χ1v) is 7.49. The smallest absolute Gasteiger partial charge is 0.467 e. The van der Waals surface area contributed by atoms with E-state index in [0.29, 0.717) is 6.07 Å². The number of carbonyl (C=O) groups is 1. The van der Waals surface area contributed by atoms with Gasteiger partial charge in [-0.25, -0.2) is 13.2 Å². The van der Waals surface area contributed by atoms with Crippen molar-refractivity contribution in [2.24, 2.45) is 0 Å². The highest BCUT2D eigenvalue weighted by Crippen LogP contribution is 2.34. The predicted molar refractivity (Wildman–Crippen MR) is 72.8 cm³/mol. The molecule has 13 heteroatoms. The number of esters is 1. The topological polar surface area (TPSA) is 136 Å². The number of nitrogens with zero attached hydrogens (tertiary/aromatic N) is 1. The number of aliphatic hydroxyl groups is 1. The van der Waals surface area contributed by atoms with Gasteiger partial charge in [-0.1, -0.05) is 0 Å². The lowest BCUT2D eigenvalue weighted by molar-refractivity contribution is -0.384. The molecule has 0 spiro atoms. The first-order chi connectivity index (χ1) is 10.9. The van der Waals surface area contributed by atoms with E-state index in [9.17, 15) is 41.6 Å². The minimum absolute atomic E-state index is 0.232. The number of rotatable bonds is 6. The van der Waals surface area contributed by atoms with Crippen LogP contribution in [0.4, 0.5) is 24.5 Å². The van der Waals surface area contributed by atoms with Crippen LogP contribution in [0.15, 0.2) is 23.1 Å². The van der Waals surface area contributed by atoms with Crippen molar-refractivity contribution in [1.29, 1.82) is 0 Å². The molecule has 0 unspecified atom stereocenters. The highest BCUT2D eigenvalue weighted by Gasteiger charge is 2.47. The van der Waals surface area contributed by atoms with Crippen LogP contribution in [0.5, 0.6) is 0 Å². The number of hydrogen-bond donors (Lipinski definition) is 2. The lowest BCUT2D eigenvalue weighted by Gasteiger charge is -2.12. The average Bonchev–Trinajstić information content (AvgIpc) is 2.50. The second-order valence-electron chi connectivity index (χ2n) is 4.31. The predicted octanol–water partition coefficient (Wildman–Crippen LogP) is 0.834. The molecule has 134 valence electrons. The summed E-state index contributed by atoms with van der Waals surface area (Å²) in [4.78, 5) is 19.5. The normalized spacial score (nSPS) is 13.2. The number of methoxy groups -OCH3 is 1. The quantitative estimate of drug-likeness (QED) is 0.426. The van der Waals surface area contributed by atoms with Crippen LogP contribution in [0.1, 0.15) is 0 Å². The van der Waals surface area contributed by atoms with Crippen LogP contribution in [-0.2, 0) is 19.4 Å². The monoisotopic (exact) mass is 372 g/mol. The van der Waals surface area contributed by atoms with Crippen LogP contribution in [0.2, 0.25) is 0 Å². The second kappa shape index (κ2) is 7.00. The number of nitrogens with one attached hydrogen (secondary N) is 1. The van der Waals surface area contributed by atoms with Crippen LogP contribution in [-0.4, -0.2) is 49.7 Å². The van der Waals surface area contributed by atoms with Gasteiger partial charge < -0.3 is 15.2 Å². The number of alkyl halides is 3. The Morgan fingerprint density at radius 2 is 2.04 bits per heavy atom. The molecule has 1 aromatic rings. The fourth-order valence-electron chi connectivity index (χ4n) is 1.54. The van der Waals surface area contributed by atoms with E-state index in [1.165, 1.54) is 0 Å². The SMILES string of the molecule is COC(=O)[C@@H](O)CNc1ccc(S(=O)(=O)C(F)(F)F)cc1[N+](=O)[O-]. The van der Waals surface area contributed by atoms with E-state index in [4.69, 9.17) is 0 Å². The average molecular weight is 372 g/mol. The molecule has 0 saturated heterocycles. The summed E-state index contributed by atoms with van der Waals surface area (Å²) in [6.45, 7) is -0.543. The largest absolute Gasteiger partial charge is 0.501 e. The number of aliphatic hydroxyl groups excluding tert-OH is 1. The molecule has 0 saturated carbocycles. The van der Waals surface area contributed by atoms with Gasteiger partial charge in [-0.05, 0) is 12.1 Å². The Bertz CT molecular complexity index is 748. The van der Waals surface area contributed by atoms with Crippen molar-refractivity contribution < 1.29 is 41.2 Å². The molecule has 9 nitrogen and oxygen atoms in total. The first kappa shape index (κ1) is 19.6. The third kappa shape index (κ3) is 4.11. The summed E-state index contributed by atoms with van der Waals surface area (Å²) < 4.78 is 64.2. The number of anilines is 1. The van der Waals surface area contributed by atoms with Gasteiger partial charge in [0.05, 0.1) is 23.5 Å². The molecule has 1 rings (SSSR count). The number of ether oxygens (including phenoxy) is 1. The lowest BCUT2D eigenvalue weighted by Crippen LogP contribution is -2.29. The number of sulfone groups is 1. The third-order valence-electron chi connectivity index (χ3n) is 2.74. The Kier molecular flexibility index (Phi) is 5.73. The number of halogens is 3. The number of nitro groups is 1. The zero-order valence-corrected chi connectivity index (χ0v) is 12.7. The molecular weight excluding hydrogens is 361 g/mol. The molecule has 1 aromatic carbocycles. The van der Waals surface area contributed by atoms with Gasteiger partial charge in [0, 0.05) is 6.07 Å². The van der Waals surface area contributed by atoms with Gasteiger partial charge in [0.25, 0.3) is 15.5 Å². The van der Waals surface area contributed by atoms with Gasteiger partial charge >= 0.3 is 11.5 Å². The fourth-order valence-corrected chi connectivity index (χ4v) is 2.32. The van der Waals surface area contributed by atoms with Gasteiger partial charge in [-0.3, -0.25) is 10.1 Å². The van der Waals surface area contributed by atoms with Gasteiger partial charge in [0.1, 0.15) is 5.69 Å². The standard InChI is InChI=1S/C11H11F3N2O7S/c1-23-10(18)9(17)5-15-7-3-2-6(4-8(7)16(19)20)24(21,22)11(12,13)14/h2-4,9,15,17H,5H2,1H3/t9-/m0/s1. The molecule has 0 aliphatic carbocycles. The van der Waals surface area contributed by atoms with Crippen molar-refractivity contribution in [3.8, 4) is 0 Å². The van der Waals surface area contributed by atoms with Crippen LogP contribution < -0.4 is 5.32 Å². The molecule has 0 radical (unpaired) electrons. The third-order valence-corrected chi connectivity index (χ3v) is 4.22. The van der Waals surface area contributed by atoms with E-state index >= 15 is 0 Å². The van der Waals surface area contributed by atoms with Crippen LogP contribution in [0.25, 0.3) is 0 Å². The highest BCUT2D eigenvalue weighted by atomic mass is 32.2. The van der Waals surface area contributed by atoms with Crippen LogP contribution >= 0.6 is 0 Å². The molecule has 1 atom stereocenters. The van der Waals surface area contributed by atoms with E-state index in [0.717, 1.165) is 13.2 Å². The molecule has 0 amide bonds. The summed E-state index contributed by atoms with van der Waals surface area (Å²) >= 11 is 0. The minimum Gasteiger partial charge on any atom is -0.467 e. The molecular formula is C11H11F3N2O7S. The van der Waals surface area contributed by atoms with Crippen LogP contribution in [0, 0.1) is 10.1 Å². The Labute approximate surface area is 133 Å². The Morgan fingerprint density at radius 3 is 2.50 bits per heavy atom. The highest BCUT2D eigenvalue weighted by molar-refractivity contribution is 7.92. The maximum Gasteiger partial charge on any atom is 0.501 e. The zero-order valence-electron chi connectivity index (χ0n) is 11.9. The van der Waals surface area contributed by atoms with Crippen LogP contribution in [0.3, 0.4) is 0 Å². The first-order valence-electron chi connectivity index (χ1n) is 6.01. The molecule has 0 aliphatic rings. The van der Waals surface area contributed by atoms with Crippen molar-refractivity contribution >= 4 is 27.2 Å². The maximum absolute atomic E-state index is 12.5. The van der Waals surface area contributed by atoms with E-state index in [2.05, 4.69) is 10.1 Å². The lowest BCUT2D eigenvalue weighted by atomic mass is 10.2.